The molecule has 1 aliphatic carbocycles. The number of rotatable bonds is 2. The summed E-state index contributed by atoms with van der Waals surface area (Å²) in [5.41, 5.74) is 6.58. The fraction of sp³-hybridized carbons (Fsp3) is 0.0556. The molecule has 0 saturated carbocycles. The van der Waals surface area contributed by atoms with E-state index in [-0.39, 0.29) is 11.4 Å². The predicted molar refractivity (Wildman–Crippen MR) is 226 cm³/mol. The van der Waals surface area contributed by atoms with Gasteiger partial charge in [-0.2, -0.15) is 0 Å². The Balaban J connectivity index is 0.000000162. The van der Waals surface area contributed by atoms with Crippen LogP contribution in [0.3, 0.4) is 0 Å². The summed E-state index contributed by atoms with van der Waals surface area (Å²) >= 11 is 21.3. The number of carbonyl (C=O) groups is 1. The fourth-order valence-corrected chi connectivity index (χ4v) is 8.36. The van der Waals surface area contributed by atoms with Crippen LogP contribution in [0.1, 0.15) is 11.8 Å². The van der Waals surface area contributed by atoms with Crippen LogP contribution in [0.15, 0.2) is 126 Å². The van der Waals surface area contributed by atoms with Gasteiger partial charge in [0.2, 0.25) is 5.62 Å². The topological polar surface area (TPSA) is 59.3 Å². The van der Waals surface area contributed by atoms with E-state index in [0.717, 1.165) is 15.4 Å². The highest BCUT2D eigenvalue weighted by Gasteiger charge is 2.19. The molecule has 0 bridgehead atoms. The molecule has 14 heteroatoms. The van der Waals surface area contributed by atoms with Gasteiger partial charge >= 0.3 is 0 Å². The lowest BCUT2D eigenvalue weighted by Gasteiger charge is -2.08. The molecule has 4 nitrogen and oxygen atoms in total. The first-order valence-corrected chi connectivity index (χ1v) is 21.0. The van der Waals surface area contributed by atoms with Crippen LogP contribution in [-0.2, 0) is 21.0 Å². The van der Waals surface area contributed by atoms with Gasteiger partial charge in [-0.05, 0) is 138 Å². The second-order valence-corrected chi connectivity index (χ2v) is 17.4. The van der Waals surface area contributed by atoms with Gasteiger partial charge in [0.1, 0.15) is 10.6 Å². The average Bonchev–Trinajstić information content (AvgIpc) is 3.91. The number of thiophene rings is 2. The maximum atomic E-state index is 12.3. The Morgan fingerprint density at radius 1 is 0.880 bits per heavy atom. The summed E-state index contributed by atoms with van der Waals surface area (Å²) in [5, 5.41) is 6.92. The molecule has 3 heterocycles. The molecule has 0 radical (unpaired) electrons. The van der Waals surface area contributed by atoms with Gasteiger partial charge in [-0.15, -0.1) is 22.7 Å². The second kappa shape index (κ2) is 18.9. The fourth-order valence-electron chi connectivity index (χ4n) is 4.88. The third kappa shape index (κ3) is 9.94. The van der Waals surface area contributed by atoms with Crippen LogP contribution in [0.25, 0.3) is 37.9 Å². The first-order valence-electron chi connectivity index (χ1n) is 14.8. The molecule has 1 N–H and O–H groups in total. The van der Waals surface area contributed by atoms with Crippen molar-refractivity contribution in [1.29, 1.82) is 0 Å². The number of thiocarbonyl (C=S) groups is 1. The maximum absolute atomic E-state index is 12.3. The van der Waals surface area contributed by atoms with E-state index in [1.54, 1.807) is 29.5 Å². The zero-order valence-corrected chi connectivity index (χ0v) is 35.1. The Hall–Kier alpha value is -2.36. The van der Waals surface area contributed by atoms with Crippen LogP contribution in [0.4, 0.5) is 8.78 Å². The normalized spacial score (nSPS) is 12.1. The highest BCUT2D eigenvalue weighted by molar-refractivity contribution is 9.11. The molecular formula is C36H25Br4F2NO3S4. The summed E-state index contributed by atoms with van der Waals surface area (Å²) in [6.07, 6.45) is 1.12. The van der Waals surface area contributed by atoms with Gasteiger partial charge in [-0.25, -0.2) is 8.60 Å². The first-order chi connectivity index (χ1) is 24.4. The van der Waals surface area contributed by atoms with Gasteiger partial charge in [0.05, 0.1) is 24.2 Å². The molecule has 8 rings (SSSR count). The number of aromatic nitrogens is 1. The number of hydrogen-bond acceptors (Lipinski definition) is 5. The Labute approximate surface area is 336 Å². The molecule has 0 amide bonds. The summed E-state index contributed by atoms with van der Waals surface area (Å²) in [6, 6.07) is 32.3. The Morgan fingerprint density at radius 3 is 2.14 bits per heavy atom. The third-order valence-corrected chi connectivity index (χ3v) is 12.3. The van der Waals surface area contributed by atoms with Crippen molar-refractivity contribution in [3.05, 3.63) is 142 Å². The van der Waals surface area contributed by atoms with Crippen molar-refractivity contribution in [2.45, 2.75) is 6.42 Å². The second-order valence-electron chi connectivity index (χ2n) is 9.99. The number of hydrogen-bond donors (Lipinski definition) is 1. The van der Waals surface area contributed by atoms with E-state index in [9.17, 15) is 17.8 Å². The molecule has 0 fully saturated rings. The minimum Gasteiger partial charge on any atom is -0.302 e. The van der Waals surface area contributed by atoms with Crippen molar-refractivity contribution in [3.63, 3.8) is 0 Å². The van der Waals surface area contributed by atoms with E-state index >= 15 is 0 Å². The number of nitrogens with zero attached hydrogens (tertiary/aromatic N) is 1. The van der Waals surface area contributed by atoms with E-state index in [2.05, 4.69) is 158 Å². The average molecular weight is 1010 g/mol. The molecule has 3 aromatic heterocycles. The van der Waals surface area contributed by atoms with Crippen LogP contribution >= 0.6 is 98.6 Å². The predicted octanol–water partition coefficient (Wildman–Crippen LogP) is 13.4. The summed E-state index contributed by atoms with van der Waals surface area (Å²) in [4.78, 5) is 12.2. The SMILES string of the molecule is Brc1ccc2c(c1)-c1ccsc1C2.Brc1ccc2c(c1)c1ccsc1n2-c1ccccc1Br.Fc1ccccc1Br.O=CS(=O)(O)=C=S.[2H]CF. The quantitative estimate of drug-likeness (QED) is 0.138. The van der Waals surface area contributed by atoms with Gasteiger partial charge in [-0.3, -0.25) is 13.8 Å². The Kier molecular flexibility index (Phi) is 14.7. The summed E-state index contributed by atoms with van der Waals surface area (Å²) in [7, 11) is -4.52. The number of fused-ring (bicyclic) bond motifs is 6. The van der Waals surface area contributed by atoms with Crippen LogP contribution in [0.5, 0.6) is 0 Å². The highest BCUT2D eigenvalue weighted by Crippen LogP contribution is 2.41. The van der Waals surface area contributed by atoms with Crippen LogP contribution in [0.2, 0.25) is 0 Å². The van der Waals surface area contributed by atoms with Crippen LogP contribution < -0.4 is 0 Å². The standard InChI is InChI=1S/C16H9Br2NS.C11H7BrS.C6H4BrF.C2H2O3S2.CH3F/c17-10-5-6-14-12(9-10)11-7-8-20-16(11)19(14)15-4-2-1-3-13(15)18;12-8-2-1-7-5-11-9(3-4-13-11)10(7)6-8;7-5-3-1-2-4-6(5)8;3-1-7(4,5)2-6;1-2/h1-9H;1-4,6H,5H2;1-4H;1H,(H,4,5);1H3/i;;;;1D. The molecule has 4 aromatic carbocycles. The summed E-state index contributed by atoms with van der Waals surface area (Å²) < 4.78 is 53.5. The summed E-state index contributed by atoms with van der Waals surface area (Å²) in [6.45, 7) is 0. The van der Waals surface area contributed by atoms with Gasteiger partial charge in [-0.1, -0.05) is 62.2 Å². The van der Waals surface area contributed by atoms with E-state index in [4.69, 9.17) is 5.92 Å². The first kappa shape index (κ1) is 38.9. The van der Waals surface area contributed by atoms with Crippen LogP contribution in [-0.4, -0.2) is 30.4 Å². The molecule has 1 aliphatic rings. The molecule has 0 aliphatic heterocycles. The highest BCUT2D eigenvalue weighted by atomic mass is 79.9. The van der Waals surface area contributed by atoms with Gasteiger partial charge in [0.15, 0.2) is 9.80 Å². The lowest BCUT2D eigenvalue weighted by molar-refractivity contribution is 0.542. The van der Waals surface area contributed by atoms with E-state index in [1.165, 1.54) is 63.2 Å². The number of carbonyl (C=O) groups excluding carboxylic acids is 1. The van der Waals surface area contributed by atoms with Crippen molar-refractivity contribution in [1.82, 2.24) is 4.57 Å². The lowest BCUT2D eigenvalue weighted by atomic mass is 10.1. The van der Waals surface area contributed by atoms with Gasteiger partial charge in [0, 0.05) is 39.8 Å². The molecule has 50 heavy (non-hydrogen) atoms. The molecular weight excluding hydrogens is 980 g/mol. The monoisotopic (exact) mass is 1000 g/mol. The van der Waals surface area contributed by atoms with Crippen molar-refractivity contribution in [3.8, 4) is 16.8 Å². The zero-order valence-electron chi connectivity index (χ0n) is 26.5. The molecule has 258 valence electrons. The largest absolute Gasteiger partial charge is 0.302 e. The smallest absolute Gasteiger partial charge is 0.231 e. The van der Waals surface area contributed by atoms with Gasteiger partial charge in [0.25, 0.3) is 0 Å². The third-order valence-electron chi connectivity index (χ3n) is 6.96. The number of alkyl halides is 1. The molecule has 1 unspecified atom stereocenters. The summed E-state index contributed by atoms with van der Waals surface area (Å²) in [5.74, 6) is -0.215. The van der Waals surface area contributed by atoms with Crippen molar-refractivity contribution in [2.24, 2.45) is 0 Å². The Morgan fingerprint density at radius 2 is 1.52 bits per heavy atom. The molecule has 1 atom stereocenters. The van der Waals surface area contributed by atoms with Crippen molar-refractivity contribution >= 4 is 139 Å². The van der Waals surface area contributed by atoms with Crippen LogP contribution in [0, 0.1) is 5.82 Å². The lowest BCUT2D eigenvalue weighted by Crippen LogP contribution is -1.96. The number of halogens is 6. The van der Waals surface area contributed by atoms with E-state index in [0.29, 0.717) is 4.47 Å². The minimum atomic E-state index is -3.52. The maximum Gasteiger partial charge on any atom is 0.231 e. The van der Waals surface area contributed by atoms with E-state index in [1.807, 2.05) is 17.4 Å². The molecule has 0 saturated heterocycles. The number of benzene rings is 4. The van der Waals surface area contributed by atoms with Crippen molar-refractivity contribution < 1.29 is 23.7 Å². The molecule has 7 aromatic rings. The molecule has 0 spiro atoms. The van der Waals surface area contributed by atoms with Crippen molar-refractivity contribution in [2.75, 3.05) is 7.15 Å². The minimum absolute atomic E-state index is 0.139. The van der Waals surface area contributed by atoms with Gasteiger partial charge < -0.3 is 4.55 Å². The van der Waals surface area contributed by atoms with E-state index < -0.39 is 17.0 Å². The number of para-hydroxylation sites is 1. The zero-order chi connectivity index (χ0) is 37.1. The Bertz CT molecular complexity index is 2420.